The van der Waals surface area contributed by atoms with E-state index >= 15 is 0 Å². The molecule has 5 nitrogen and oxygen atoms in total. The largest absolute Gasteiger partial charge is 0.381 e. The monoisotopic (exact) mass is 403 g/mol. The number of hydrogen-bond donors (Lipinski definition) is 1. The van der Waals surface area contributed by atoms with Crippen molar-refractivity contribution in [3.63, 3.8) is 0 Å². The molecule has 0 aromatic heterocycles. The van der Waals surface area contributed by atoms with E-state index in [4.69, 9.17) is 4.74 Å². The van der Waals surface area contributed by atoms with Gasteiger partial charge in [-0.05, 0) is 42.9 Å². The molecule has 0 heterocycles. The number of carbonyl (C=O) groups is 1. The quantitative estimate of drug-likeness (QED) is 0.608. The fourth-order valence-corrected chi connectivity index (χ4v) is 3.86. The summed E-state index contributed by atoms with van der Waals surface area (Å²) in [7, 11) is -3.47. The van der Waals surface area contributed by atoms with Crippen molar-refractivity contribution in [2.75, 3.05) is 25.5 Å². The summed E-state index contributed by atoms with van der Waals surface area (Å²) in [5.74, 6) is -0.345. The number of benzene rings is 1. The predicted octanol–water partition coefficient (Wildman–Crippen LogP) is 2.30. The van der Waals surface area contributed by atoms with Crippen LogP contribution in [0.3, 0.4) is 0 Å². The SMILES string of the molecule is O=C(CS(=O)(=O)Cc1cccc(Br)c1)NCCCOCC1CC1. The first-order valence-corrected chi connectivity index (χ1v) is 10.4. The molecule has 0 saturated heterocycles. The van der Waals surface area contributed by atoms with Crippen LogP contribution >= 0.6 is 15.9 Å². The van der Waals surface area contributed by atoms with Gasteiger partial charge in [-0.2, -0.15) is 0 Å². The molecule has 1 saturated carbocycles. The van der Waals surface area contributed by atoms with Gasteiger partial charge in [0.1, 0.15) is 5.75 Å². The van der Waals surface area contributed by atoms with Gasteiger partial charge in [-0.25, -0.2) is 8.42 Å². The van der Waals surface area contributed by atoms with Crippen LogP contribution in [-0.4, -0.2) is 39.8 Å². The van der Waals surface area contributed by atoms with Crippen LogP contribution in [0.2, 0.25) is 0 Å². The number of ether oxygens (including phenoxy) is 1. The molecule has 1 N–H and O–H groups in total. The van der Waals surface area contributed by atoms with Gasteiger partial charge < -0.3 is 10.1 Å². The summed E-state index contributed by atoms with van der Waals surface area (Å²) in [6.07, 6.45) is 3.21. The molecule has 128 valence electrons. The number of halogens is 1. The minimum Gasteiger partial charge on any atom is -0.381 e. The molecule has 0 aliphatic heterocycles. The number of hydrogen-bond acceptors (Lipinski definition) is 4. The van der Waals surface area contributed by atoms with Gasteiger partial charge in [0.25, 0.3) is 0 Å². The first-order valence-electron chi connectivity index (χ1n) is 7.74. The molecule has 23 heavy (non-hydrogen) atoms. The van der Waals surface area contributed by atoms with E-state index in [2.05, 4.69) is 21.2 Å². The van der Waals surface area contributed by atoms with E-state index in [1.807, 2.05) is 6.07 Å². The van der Waals surface area contributed by atoms with Gasteiger partial charge in [-0.1, -0.05) is 28.1 Å². The van der Waals surface area contributed by atoms with Crippen molar-refractivity contribution >= 4 is 31.7 Å². The van der Waals surface area contributed by atoms with E-state index in [1.54, 1.807) is 18.2 Å². The Bertz CT molecular complexity index is 629. The zero-order chi connectivity index (χ0) is 16.7. The summed E-state index contributed by atoms with van der Waals surface area (Å²) in [4.78, 5) is 11.7. The van der Waals surface area contributed by atoms with Gasteiger partial charge in [0, 0.05) is 24.2 Å². The third kappa shape index (κ3) is 7.94. The molecule has 1 aromatic rings. The smallest absolute Gasteiger partial charge is 0.235 e. The Morgan fingerprint density at radius 1 is 1.35 bits per heavy atom. The van der Waals surface area contributed by atoms with Gasteiger partial charge in [0.2, 0.25) is 5.91 Å². The Balaban J connectivity index is 1.64. The minimum absolute atomic E-state index is 0.135. The standard InChI is InChI=1S/C16H22BrNO4S/c17-15-4-1-3-14(9-15)11-23(20,21)12-16(19)18-7-2-8-22-10-13-5-6-13/h1,3-4,9,13H,2,5-8,10-12H2,(H,18,19). The van der Waals surface area contributed by atoms with Crippen LogP contribution in [-0.2, 0) is 25.1 Å². The first-order chi connectivity index (χ1) is 10.9. The second-order valence-electron chi connectivity index (χ2n) is 5.88. The second-order valence-corrected chi connectivity index (χ2v) is 8.86. The molecule has 2 rings (SSSR count). The minimum atomic E-state index is -3.47. The van der Waals surface area contributed by atoms with Crippen molar-refractivity contribution in [3.8, 4) is 0 Å². The number of nitrogens with one attached hydrogen (secondary N) is 1. The van der Waals surface area contributed by atoms with Crippen LogP contribution in [0.15, 0.2) is 28.7 Å². The zero-order valence-electron chi connectivity index (χ0n) is 13.0. The lowest BCUT2D eigenvalue weighted by atomic mass is 10.2. The predicted molar refractivity (Wildman–Crippen MR) is 92.8 cm³/mol. The summed E-state index contributed by atoms with van der Waals surface area (Å²) in [6.45, 7) is 1.84. The number of amides is 1. The van der Waals surface area contributed by atoms with E-state index in [0.717, 1.165) is 17.0 Å². The molecule has 1 aromatic carbocycles. The summed E-state index contributed by atoms with van der Waals surface area (Å²) < 4.78 is 30.4. The Labute approximate surface area is 145 Å². The summed E-state index contributed by atoms with van der Waals surface area (Å²) >= 11 is 3.30. The van der Waals surface area contributed by atoms with Crippen LogP contribution < -0.4 is 5.32 Å². The van der Waals surface area contributed by atoms with Crippen LogP contribution in [0.5, 0.6) is 0 Å². The third-order valence-corrected chi connectivity index (χ3v) is 5.43. The molecule has 1 aliphatic rings. The molecule has 1 fully saturated rings. The van der Waals surface area contributed by atoms with Crippen LogP contribution in [0, 0.1) is 5.92 Å². The van der Waals surface area contributed by atoms with E-state index in [1.165, 1.54) is 12.8 Å². The first kappa shape index (κ1) is 18.4. The molecule has 1 amide bonds. The van der Waals surface area contributed by atoms with Gasteiger partial charge in [-0.15, -0.1) is 0 Å². The van der Waals surface area contributed by atoms with Gasteiger partial charge in [-0.3, -0.25) is 4.79 Å². The normalized spacial score (nSPS) is 14.7. The average molecular weight is 404 g/mol. The highest BCUT2D eigenvalue weighted by Gasteiger charge is 2.21. The Kier molecular flexibility index (Phi) is 7.05. The zero-order valence-corrected chi connectivity index (χ0v) is 15.4. The van der Waals surface area contributed by atoms with Gasteiger partial charge >= 0.3 is 0 Å². The lowest BCUT2D eigenvalue weighted by molar-refractivity contribution is -0.118. The molecular formula is C16H22BrNO4S. The summed E-state index contributed by atoms with van der Waals surface area (Å²) in [5, 5.41) is 2.63. The molecule has 0 atom stereocenters. The maximum atomic E-state index is 12.0. The molecule has 7 heteroatoms. The van der Waals surface area contributed by atoms with Gasteiger partial charge in [0.15, 0.2) is 9.84 Å². The van der Waals surface area contributed by atoms with Crippen LogP contribution in [0.25, 0.3) is 0 Å². The fourth-order valence-electron chi connectivity index (χ4n) is 2.12. The third-order valence-electron chi connectivity index (χ3n) is 3.46. The van der Waals surface area contributed by atoms with Crippen molar-refractivity contribution in [1.82, 2.24) is 5.32 Å². The average Bonchev–Trinajstić information content (AvgIpc) is 3.25. The summed E-state index contributed by atoms with van der Waals surface area (Å²) in [5.41, 5.74) is 0.667. The van der Waals surface area contributed by atoms with E-state index in [-0.39, 0.29) is 5.75 Å². The van der Waals surface area contributed by atoms with Crippen LogP contribution in [0.4, 0.5) is 0 Å². The van der Waals surface area contributed by atoms with Crippen LogP contribution in [0.1, 0.15) is 24.8 Å². The summed E-state index contributed by atoms with van der Waals surface area (Å²) in [6, 6.07) is 7.08. The van der Waals surface area contributed by atoms with Crippen molar-refractivity contribution in [1.29, 1.82) is 0 Å². The molecule has 0 spiro atoms. The Morgan fingerprint density at radius 2 is 2.13 bits per heavy atom. The topological polar surface area (TPSA) is 72.5 Å². The highest BCUT2D eigenvalue weighted by Crippen LogP contribution is 2.28. The molecule has 0 radical (unpaired) electrons. The molecule has 0 unspecified atom stereocenters. The van der Waals surface area contributed by atoms with E-state index in [9.17, 15) is 13.2 Å². The Morgan fingerprint density at radius 3 is 2.83 bits per heavy atom. The molecule has 0 bridgehead atoms. The van der Waals surface area contributed by atoms with Crippen molar-refractivity contribution in [2.45, 2.75) is 25.0 Å². The van der Waals surface area contributed by atoms with Crippen molar-refractivity contribution in [2.24, 2.45) is 5.92 Å². The highest BCUT2D eigenvalue weighted by molar-refractivity contribution is 9.10. The maximum Gasteiger partial charge on any atom is 0.235 e. The molecular weight excluding hydrogens is 382 g/mol. The number of carbonyl (C=O) groups excluding carboxylic acids is 1. The Hall–Kier alpha value is -0.920. The van der Waals surface area contributed by atoms with Crippen molar-refractivity contribution in [3.05, 3.63) is 34.3 Å². The number of rotatable bonds is 10. The fraction of sp³-hybridized carbons (Fsp3) is 0.562. The molecule has 1 aliphatic carbocycles. The van der Waals surface area contributed by atoms with Gasteiger partial charge in [0.05, 0.1) is 5.75 Å². The highest BCUT2D eigenvalue weighted by atomic mass is 79.9. The number of sulfone groups is 1. The second kappa shape index (κ2) is 8.80. The lowest BCUT2D eigenvalue weighted by Crippen LogP contribution is -2.32. The maximum absolute atomic E-state index is 12.0. The van der Waals surface area contributed by atoms with E-state index < -0.39 is 21.5 Å². The van der Waals surface area contributed by atoms with E-state index in [0.29, 0.717) is 25.1 Å². The van der Waals surface area contributed by atoms with Crippen molar-refractivity contribution < 1.29 is 17.9 Å². The lowest BCUT2D eigenvalue weighted by Gasteiger charge is -2.07.